The topological polar surface area (TPSA) is 67.8 Å². The number of carboxylic acid groups (broad SMARTS) is 1. The summed E-state index contributed by atoms with van der Waals surface area (Å²) in [5, 5.41) is 12.1. The fourth-order valence-electron chi connectivity index (χ4n) is 2.19. The Kier molecular flexibility index (Phi) is 4.39. The van der Waals surface area contributed by atoms with Crippen LogP contribution >= 0.6 is 0 Å². The molecule has 0 amide bonds. The first-order valence-electron chi connectivity index (χ1n) is 6.31. The highest BCUT2D eigenvalue weighted by molar-refractivity contribution is 5.70. The molecule has 19 heavy (non-hydrogen) atoms. The van der Waals surface area contributed by atoms with Gasteiger partial charge in [0.1, 0.15) is 5.60 Å². The molecule has 1 aliphatic heterocycles. The monoisotopic (exact) mass is 265 g/mol. The van der Waals surface area contributed by atoms with Crippen LogP contribution in [0.3, 0.4) is 0 Å². The van der Waals surface area contributed by atoms with Crippen molar-refractivity contribution in [2.24, 2.45) is 0 Å². The van der Waals surface area contributed by atoms with Gasteiger partial charge in [0.05, 0.1) is 13.0 Å². The minimum absolute atomic E-state index is 0.0358. The quantitative estimate of drug-likeness (QED) is 0.816. The van der Waals surface area contributed by atoms with Crippen LogP contribution in [-0.2, 0) is 20.7 Å². The molecule has 1 aliphatic rings. The lowest BCUT2D eigenvalue weighted by Crippen LogP contribution is -2.39. The molecule has 0 bridgehead atoms. The highest BCUT2D eigenvalue weighted by Crippen LogP contribution is 2.23. The Labute approximate surface area is 112 Å². The van der Waals surface area contributed by atoms with Crippen molar-refractivity contribution in [3.05, 3.63) is 29.8 Å². The van der Waals surface area contributed by atoms with Crippen LogP contribution in [0.25, 0.3) is 0 Å². The van der Waals surface area contributed by atoms with Crippen LogP contribution in [0.4, 0.5) is 5.69 Å². The average molecular weight is 265 g/mol. The summed E-state index contributed by atoms with van der Waals surface area (Å²) in [7, 11) is 1.69. The molecule has 1 saturated heterocycles. The summed E-state index contributed by atoms with van der Waals surface area (Å²) >= 11 is 0. The summed E-state index contributed by atoms with van der Waals surface area (Å²) < 4.78 is 10.9. The van der Waals surface area contributed by atoms with E-state index in [4.69, 9.17) is 14.6 Å². The molecule has 5 heteroatoms. The first-order chi connectivity index (χ1) is 9.13. The third kappa shape index (κ3) is 3.68. The molecule has 0 radical (unpaired) electrons. The number of ether oxygens (including phenoxy) is 2. The van der Waals surface area contributed by atoms with E-state index in [1.165, 1.54) is 0 Å². The van der Waals surface area contributed by atoms with Crippen molar-refractivity contribution in [2.45, 2.75) is 18.4 Å². The number of methoxy groups -OCH3 is 1. The third-order valence-corrected chi connectivity index (χ3v) is 3.40. The van der Waals surface area contributed by atoms with Gasteiger partial charge < -0.3 is 19.9 Å². The maximum atomic E-state index is 10.7. The number of carbonyl (C=O) groups is 1. The van der Waals surface area contributed by atoms with Crippen molar-refractivity contribution in [2.75, 3.05) is 32.2 Å². The third-order valence-electron chi connectivity index (χ3n) is 3.40. The summed E-state index contributed by atoms with van der Waals surface area (Å²) in [6, 6.07) is 7.44. The molecule has 104 valence electrons. The lowest BCUT2D eigenvalue weighted by atomic mass is 10.0. The number of anilines is 1. The van der Waals surface area contributed by atoms with Crippen LogP contribution in [0.1, 0.15) is 12.0 Å². The summed E-state index contributed by atoms with van der Waals surface area (Å²) in [6.45, 7) is 1.96. The summed E-state index contributed by atoms with van der Waals surface area (Å²) in [6.07, 6.45) is 0.902. The summed E-state index contributed by atoms with van der Waals surface area (Å²) in [4.78, 5) is 10.7. The van der Waals surface area contributed by atoms with Gasteiger partial charge >= 0.3 is 5.97 Å². The molecule has 0 aromatic heterocycles. The van der Waals surface area contributed by atoms with Gasteiger partial charge in [0.15, 0.2) is 0 Å². The van der Waals surface area contributed by atoms with Crippen molar-refractivity contribution >= 4 is 11.7 Å². The zero-order valence-corrected chi connectivity index (χ0v) is 11.0. The zero-order valence-electron chi connectivity index (χ0n) is 11.0. The number of rotatable bonds is 6. The highest BCUT2D eigenvalue weighted by atomic mass is 16.5. The van der Waals surface area contributed by atoms with Gasteiger partial charge in [-0.15, -0.1) is 0 Å². The molecular weight excluding hydrogens is 246 g/mol. The second-order valence-corrected chi connectivity index (χ2v) is 4.81. The molecule has 1 aromatic rings. The molecule has 2 N–H and O–H groups in total. The fourth-order valence-corrected chi connectivity index (χ4v) is 2.19. The molecule has 0 saturated carbocycles. The largest absolute Gasteiger partial charge is 0.481 e. The molecule has 5 nitrogen and oxygen atoms in total. The van der Waals surface area contributed by atoms with E-state index in [9.17, 15) is 4.79 Å². The van der Waals surface area contributed by atoms with Gasteiger partial charge in [-0.1, -0.05) is 12.1 Å². The van der Waals surface area contributed by atoms with Gasteiger partial charge in [0, 0.05) is 32.4 Å². The smallest absolute Gasteiger partial charge is 0.307 e. The molecule has 1 atom stereocenters. The molecule has 0 spiro atoms. The molecule has 1 unspecified atom stereocenters. The maximum Gasteiger partial charge on any atom is 0.307 e. The van der Waals surface area contributed by atoms with Gasteiger partial charge in [-0.2, -0.15) is 0 Å². The average Bonchev–Trinajstić information content (AvgIpc) is 2.86. The van der Waals surface area contributed by atoms with Crippen LogP contribution in [0.2, 0.25) is 0 Å². The SMILES string of the molecule is COC1(CNc2cccc(CC(=O)O)c2)CCOC1. The molecular formula is C14H19NO4. The number of aliphatic carboxylic acids is 1. The van der Waals surface area contributed by atoms with Gasteiger partial charge in [-0.25, -0.2) is 0 Å². The van der Waals surface area contributed by atoms with Crippen molar-refractivity contribution < 1.29 is 19.4 Å². The van der Waals surface area contributed by atoms with Crippen LogP contribution in [-0.4, -0.2) is 43.5 Å². The Morgan fingerprint density at radius 3 is 3.05 bits per heavy atom. The van der Waals surface area contributed by atoms with E-state index < -0.39 is 5.97 Å². The lowest BCUT2D eigenvalue weighted by molar-refractivity contribution is -0.136. The van der Waals surface area contributed by atoms with E-state index in [0.717, 1.165) is 17.7 Å². The molecule has 1 aromatic carbocycles. The maximum absolute atomic E-state index is 10.7. The van der Waals surface area contributed by atoms with Crippen molar-refractivity contribution in [3.8, 4) is 0 Å². The number of hydrogen-bond donors (Lipinski definition) is 2. The zero-order chi connectivity index (χ0) is 13.7. The lowest BCUT2D eigenvalue weighted by Gasteiger charge is -2.26. The Balaban J connectivity index is 1.97. The number of carboxylic acids is 1. The first kappa shape index (κ1) is 13.8. The Bertz CT molecular complexity index is 441. The standard InChI is InChI=1S/C14H19NO4/c1-18-14(5-6-19-10-14)9-15-12-4-2-3-11(7-12)8-13(16)17/h2-4,7,15H,5-6,8-10H2,1H3,(H,16,17). The Morgan fingerprint density at radius 1 is 1.58 bits per heavy atom. The minimum Gasteiger partial charge on any atom is -0.481 e. The summed E-state index contributed by atoms with van der Waals surface area (Å²) in [5.74, 6) is -0.824. The summed E-state index contributed by atoms with van der Waals surface area (Å²) in [5.41, 5.74) is 1.41. The number of hydrogen-bond acceptors (Lipinski definition) is 4. The van der Waals surface area contributed by atoms with Crippen LogP contribution in [0, 0.1) is 0 Å². The van der Waals surface area contributed by atoms with Crippen molar-refractivity contribution in [1.29, 1.82) is 0 Å². The van der Waals surface area contributed by atoms with E-state index >= 15 is 0 Å². The fraction of sp³-hybridized carbons (Fsp3) is 0.500. The van der Waals surface area contributed by atoms with Crippen molar-refractivity contribution in [3.63, 3.8) is 0 Å². The van der Waals surface area contributed by atoms with Crippen LogP contribution in [0.15, 0.2) is 24.3 Å². The first-order valence-corrected chi connectivity index (χ1v) is 6.31. The van der Waals surface area contributed by atoms with E-state index in [2.05, 4.69) is 5.32 Å². The Morgan fingerprint density at radius 2 is 2.42 bits per heavy atom. The highest BCUT2D eigenvalue weighted by Gasteiger charge is 2.34. The number of nitrogens with one attached hydrogen (secondary N) is 1. The second-order valence-electron chi connectivity index (χ2n) is 4.81. The van der Waals surface area contributed by atoms with Gasteiger partial charge in [0.2, 0.25) is 0 Å². The van der Waals surface area contributed by atoms with E-state index in [-0.39, 0.29) is 12.0 Å². The normalized spacial score (nSPS) is 22.4. The van der Waals surface area contributed by atoms with Gasteiger partial charge in [0.25, 0.3) is 0 Å². The predicted molar refractivity (Wildman–Crippen MR) is 71.4 cm³/mol. The molecule has 0 aliphatic carbocycles. The van der Waals surface area contributed by atoms with Crippen LogP contribution < -0.4 is 5.32 Å². The van der Waals surface area contributed by atoms with Gasteiger partial charge in [-0.3, -0.25) is 4.79 Å². The van der Waals surface area contributed by atoms with Gasteiger partial charge in [-0.05, 0) is 17.7 Å². The molecule has 1 fully saturated rings. The number of benzene rings is 1. The Hall–Kier alpha value is -1.59. The van der Waals surface area contributed by atoms with E-state index in [1.54, 1.807) is 7.11 Å². The second kappa shape index (κ2) is 6.04. The van der Waals surface area contributed by atoms with Crippen LogP contribution in [0.5, 0.6) is 0 Å². The predicted octanol–water partition coefficient (Wildman–Crippen LogP) is 1.53. The minimum atomic E-state index is -0.824. The van der Waals surface area contributed by atoms with E-state index in [0.29, 0.717) is 19.8 Å². The molecule has 2 rings (SSSR count). The molecule has 1 heterocycles. The van der Waals surface area contributed by atoms with Crippen molar-refractivity contribution in [1.82, 2.24) is 0 Å². The van der Waals surface area contributed by atoms with E-state index in [1.807, 2.05) is 24.3 Å².